The van der Waals surface area contributed by atoms with Crippen LogP contribution in [0.2, 0.25) is 0 Å². The molecule has 2 rings (SSSR count). The lowest BCUT2D eigenvalue weighted by atomic mass is 10.2. The van der Waals surface area contributed by atoms with Crippen LogP contribution in [-0.4, -0.2) is 30.7 Å². The molecule has 0 aliphatic heterocycles. The van der Waals surface area contributed by atoms with E-state index >= 15 is 0 Å². The van der Waals surface area contributed by atoms with Crippen molar-refractivity contribution >= 4 is 27.7 Å². The standard InChI is InChI=1S/C20H25BrN2O3/c1-20(2,3)26-19(24)22-16-11-10-15(21)12-18(16)25-17-9-7-6-8-14(17)13-23(4)5/h6-12H,13H2,1-5H3,(H,22,24). The number of carbonyl (C=O) groups excluding carboxylic acids is 1. The molecule has 0 radical (unpaired) electrons. The van der Waals surface area contributed by atoms with Crippen molar-refractivity contribution in [1.82, 2.24) is 4.90 Å². The number of anilines is 1. The third-order valence-electron chi connectivity index (χ3n) is 3.26. The van der Waals surface area contributed by atoms with E-state index in [9.17, 15) is 4.79 Å². The average Bonchev–Trinajstić information content (AvgIpc) is 2.49. The lowest BCUT2D eigenvalue weighted by molar-refractivity contribution is 0.0635. The van der Waals surface area contributed by atoms with Gasteiger partial charge in [-0.25, -0.2) is 4.79 Å². The van der Waals surface area contributed by atoms with E-state index in [1.54, 1.807) is 6.07 Å². The Morgan fingerprint density at radius 1 is 1.12 bits per heavy atom. The molecule has 5 nitrogen and oxygen atoms in total. The van der Waals surface area contributed by atoms with Crippen molar-refractivity contribution in [2.75, 3.05) is 19.4 Å². The molecule has 0 unspecified atom stereocenters. The maximum absolute atomic E-state index is 12.1. The Labute approximate surface area is 163 Å². The smallest absolute Gasteiger partial charge is 0.412 e. The number of nitrogens with one attached hydrogen (secondary N) is 1. The first-order valence-corrected chi connectivity index (χ1v) is 9.13. The van der Waals surface area contributed by atoms with Crippen molar-refractivity contribution in [1.29, 1.82) is 0 Å². The summed E-state index contributed by atoms with van der Waals surface area (Å²) in [7, 11) is 4.01. The molecule has 1 N–H and O–H groups in total. The molecule has 2 aromatic carbocycles. The van der Waals surface area contributed by atoms with E-state index < -0.39 is 11.7 Å². The normalized spacial score (nSPS) is 11.3. The monoisotopic (exact) mass is 420 g/mol. The van der Waals surface area contributed by atoms with Gasteiger partial charge in [0.1, 0.15) is 11.4 Å². The summed E-state index contributed by atoms with van der Waals surface area (Å²) in [5, 5.41) is 2.76. The Morgan fingerprint density at radius 2 is 1.81 bits per heavy atom. The molecule has 0 atom stereocenters. The molecule has 140 valence electrons. The van der Waals surface area contributed by atoms with Gasteiger partial charge in [-0.1, -0.05) is 34.1 Å². The maximum atomic E-state index is 12.1. The Balaban J connectivity index is 2.27. The van der Waals surface area contributed by atoms with Crippen LogP contribution in [0.15, 0.2) is 46.9 Å². The van der Waals surface area contributed by atoms with E-state index in [2.05, 4.69) is 26.1 Å². The molecular formula is C20H25BrN2O3. The number of halogens is 1. The number of benzene rings is 2. The molecule has 0 saturated carbocycles. The van der Waals surface area contributed by atoms with Gasteiger partial charge in [0.2, 0.25) is 0 Å². The van der Waals surface area contributed by atoms with Gasteiger partial charge in [-0.3, -0.25) is 5.32 Å². The Bertz CT molecular complexity index is 770. The second-order valence-corrected chi connectivity index (χ2v) is 8.13. The number of ether oxygens (including phenoxy) is 2. The Morgan fingerprint density at radius 3 is 2.46 bits per heavy atom. The molecule has 0 aliphatic rings. The highest BCUT2D eigenvalue weighted by Crippen LogP contribution is 2.34. The van der Waals surface area contributed by atoms with Crippen molar-refractivity contribution in [3.63, 3.8) is 0 Å². The summed E-state index contributed by atoms with van der Waals surface area (Å²) in [6.45, 7) is 6.22. The van der Waals surface area contributed by atoms with Crippen molar-refractivity contribution < 1.29 is 14.3 Å². The fourth-order valence-corrected chi connectivity index (χ4v) is 2.63. The minimum Gasteiger partial charge on any atom is -0.455 e. The van der Waals surface area contributed by atoms with Crippen molar-refractivity contribution in [2.45, 2.75) is 32.9 Å². The average molecular weight is 421 g/mol. The molecule has 26 heavy (non-hydrogen) atoms. The molecule has 0 spiro atoms. The highest BCUT2D eigenvalue weighted by atomic mass is 79.9. The summed E-state index contributed by atoms with van der Waals surface area (Å²) >= 11 is 3.45. The van der Waals surface area contributed by atoms with Crippen LogP contribution in [0.3, 0.4) is 0 Å². The van der Waals surface area contributed by atoms with Crippen molar-refractivity contribution in [2.24, 2.45) is 0 Å². The van der Waals surface area contributed by atoms with Crippen LogP contribution in [0.4, 0.5) is 10.5 Å². The topological polar surface area (TPSA) is 50.8 Å². The molecular weight excluding hydrogens is 396 g/mol. The van der Waals surface area contributed by atoms with Crippen LogP contribution in [0, 0.1) is 0 Å². The maximum Gasteiger partial charge on any atom is 0.412 e. The number of hydrogen-bond donors (Lipinski definition) is 1. The van der Waals surface area contributed by atoms with E-state index in [4.69, 9.17) is 9.47 Å². The minimum atomic E-state index is -0.571. The van der Waals surface area contributed by atoms with Crippen LogP contribution in [-0.2, 0) is 11.3 Å². The zero-order valence-corrected chi connectivity index (χ0v) is 17.4. The van der Waals surface area contributed by atoms with Crippen LogP contribution >= 0.6 is 15.9 Å². The third-order valence-corrected chi connectivity index (χ3v) is 3.75. The fourth-order valence-electron chi connectivity index (χ4n) is 2.29. The van der Waals surface area contributed by atoms with E-state index in [0.717, 1.165) is 22.3 Å². The predicted octanol–water partition coefficient (Wildman–Crippen LogP) is 5.65. The van der Waals surface area contributed by atoms with E-state index in [1.807, 2.05) is 71.3 Å². The summed E-state index contributed by atoms with van der Waals surface area (Å²) in [4.78, 5) is 14.2. The van der Waals surface area contributed by atoms with Gasteiger partial charge in [-0.15, -0.1) is 0 Å². The van der Waals surface area contributed by atoms with Crippen LogP contribution in [0.25, 0.3) is 0 Å². The van der Waals surface area contributed by atoms with Crippen LogP contribution < -0.4 is 10.1 Å². The highest BCUT2D eigenvalue weighted by Gasteiger charge is 2.18. The number of rotatable bonds is 5. The molecule has 1 amide bonds. The van der Waals surface area contributed by atoms with Crippen LogP contribution in [0.1, 0.15) is 26.3 Å². The first-order valence-electron chi connectivity index (χ1n) is 8.34. The van der Waals surface area contributed by atoms with Gasteiger partial charge in [-0.2, -0.15) is 0 Å². The minimum absolute atomic E-state index is 0.522. The molecule has 0 heterocycles. The van der Waals surface area contributed by atoms with Crippen molar-refractivity contribution in [3.8, 4) is 11.5 Å². The molecule has 2 aromatic rings. The third kappa shape index (κ3) is 6.35. The summed E-state index contributed by atoms with van der Waals surface area (Å²) in [5.41, 5.74) is 1.03. The number of amides is 1. The number of carbonyl (C=O) groups is 1. The summed E-state index contributed by atoms with van der Waals surface area (Å²) in [6.07, 6.45) is -0.522. The number of hydrogen-bond acceptors (Lipinski definition) is 4. The molecule has 0 aliphatic carbocycles. The van der Waals surface area contributed by atoms with Gasteiger partial charge in [0.05, 0.1) is 5.69 Å². The van der Waals surface area contributed by atoms with E-state index in [-0.39, 0.29) is 0 Å². The Hall–Kier alpha value is -2.05. The largest absolute Gasteiger partial charge is 0.455 e. The lowest BCUT2D eigenvalue weighted by Crippen LogP contribution is -2.27. The highest BCUT2D eigenvalue weighted by molar-refractivity contribution is 9.10. The van der Waals surface area contributed by atoms with Gasteiger partial charge in [0.15, 0.2) is 5.75 Å². The predicted molar refractivity (Wildman–Crippen MR) is 108 cm³/mol. The van der Waals surface area contributed by atoms with Crippen molar-refractivity contribution in [3.05, 3.63) is 52.5 Å². The second-order valence-electron chi connectivity index (χ2n) is 7.21. The van der Waals surface area contributed by atoms with Gasteiger partial charge in [0, 0.05) is 16.6 Å². The fraction of sp³-hybridized carbons (Fsp3) is 0.350. The molecule has 0 aromatic heterocycles. The molecule has 0 fully saturated rings. The Kier molecular flexibility index (Phi) is 6.67. The first kappa shape index (κ1) is 20.3. The summed E-state index contributed by atoms with van der Waals surface area (Å²) in [6, 6.07) is 13.3. The second kappa shape index (κ2) is 8.56. The number of nitrogens with zero attached hydrogens (tertiary/aromatic N) is 1. The summed E-state index contributed by atoms with van der Waals surface area (Å²) < 4.78 is 12.3. The summed E-state index contributed by atoms with van der Waals surface area (Å²) in [5.74, 6) is 1.28. The van der Waals surface area contributed by atoms with E-state index in [0.29, 0.717) is 11.4 Å². The molecule has 6 heteroatoms. The SMILES string of the molecule is CN(C)Cc1ccccc1Oc1cc(Br)ccc1NC(=O)OC(C)(C)C. The number of para-hydroxylation sites is 1. The van der Waals surface area contributed by atoms with E-state index in [1.165, 1.54) is 0 Å². The van der Waals surface area contributed by atoms with Gasteiger partial charge in [-0.05, 0) is 59.1 Å². The first-order chi connectivity index (χ1) is 12.1. The zero-order valence-electron chi connectivity index (χ0n) is 15.8. The molecule has 0 bridgehead atoms. The lowest BCUT2D eigenvalue weighted by Gasteiger charge is -2.21. The zero-order chi connectivity index (χ0) is 19.3. The van der Waals surface area contributed by atoms with Gasteiger partial charge < -0.3 is 14.4 Å². The van der Waals surface area contributed by atoms with Gasteiger partial charge in [0.25, 0.3) is 0 Å². The van der Waals surface area contributed by atoms with Gasteiger partial charge >= 0.3 is 6.09 Å². The van der Waals surface area contributed by atoms with Crippen LogP contribution in [0.5, 0.6) is 11.5 Å². The molecule has 0 saturated heterocycles. The quantitative estimate of drug-likeness (QED) is 0.678.